The molecule has 0 bridgehead atoms. The second kappa shape index (κ2) is 8.42. The summed E-state index contributed by atoms with van der Waals surface area (Å²) in [5.41, 5.74) is 2.21. The highest BCUT2D eigenvalue weighted by Crippen LogP contribution is 2.22. The Balaban J connectivity index is 2.12. The van der Waals surface area contributed by atoms with Gasteiger partial charge in [0.05, 0.1) is 45.8 Å². The maximum atomic E-state index is 12.3. The molecular formula is C18H22F3N4O3+. The number of halogens is 3. The predicted molar refractivity (Wildman–Crippen MR) is 96.1 cm³/mol. The first-order valence-corrected chi connectivity index (χ1v) is 8.43. The third kappa shape index (κ3) is 6.69. The van der Waals surface area contributed by atoms with Crippen LogP contribution in [0.25, 0.3) is 11.3 Å². The summed E-state index contributed by atoms with van der Waals surface area (Å²) in [4.78, 5) is 22.7. The summed E-state index contributed by atoms with van der Waals surface area (Å²) in [6.45, 7) is 0.405. The van der Waals surface area contributed by atoms with Crippen LogP contribution in [0, 0.1) is 0 Å². The van der Waals surface area contributed by atoms with E-state index in [-0.39, 0.29) is 0 Å². The van der Waals surface area contributed by atoms with Crippen molar-refractivity contribution >= 4 is 17.6 Å². The van der Waals surface area contributed by atoms with Gasteiger partial charge in [-0.1, -0.05) is 12.1 Å². The normalized spacial score (nSPS) is 13.1. The SMILES string of the molecule is C[N+](C)(C)C[C@@H](CC(=O)OC(=O)C(F)(F)F)Nc1cccc(-c2cc[nH]n2)c1. The molecule has 2 N–H and O–H groups in total. The number of H-pyrrole nitrogens is 1. The summed E-state index contributed by atoms with van der Waals surface area (Å²) >= 11 is 0. The summed E-state index contributed by atoms with van der Waals surface area (Å²) in [6, 6.07) is 8.47. The summed E-state index contributed by atoms with van der Waals surface area (Å²) in [6.07, 6.45) is -3.93. The van der Waals surface area contributed by atoms with Crippen LogP contribution in [0.3, 0.4) is 0 Å². The molecule has 0 amide bonds. The molecular weight excluding hydrogens is 377 g/mol. The Morgan fingerprint density at radius 3 is 2.54 bits per heavy atom. The zero-order chi connectivity index (χ0) is 20.9. The van der Waals surface area contributed by atoms with Crippen molar-refractivity contribution in [3.63, 3.8) is 0 Å². The molecule has 152 valence electrons. The quantitative estimate of drug-likeness (QED) is 0.425. The topological polar surface area (TPSA) is 84.1 Å². The number of nitrogens with one attached hydrogen (secondary N) is 2. The predicted octanol–water partition coefficient (Wildman–Crippen LogP) is 2.59. The van der Waals surface area contributed by atoms with Crippen molar-refractivity contribution in [1.29, 1.82) is 0 Å². The van der Waals surface area contributed by atoms with Gasteiger partial charge in [0.25, 0.3) is 0 Å². The fourth-order valence-corrected chi connectivity index (χ4v) is 2.65. The molecule has 2 rings (SSSR count). The van der Waals surface area contributed by atoms with Crippen LogP contribution in [0.2, 0.25) is 0 Å². The number of rotatable bonds is 7. The van der Waals surface area contributed by atoms with E-state index in [1.165, 1.54) is 0 Å². The van der Waals surface area contributed by atoms with E-state index in [1.807, 2.05) is 33.3 Å². The summed E-state index contributed by atoms with van der Waals surface area (Å²) < 4.78 is 41.2. The third-order valence-corrected chi connectivity index (χ3v) is 3.65. The number of aromatic amines is 1. The molecule has 0 unspecified atom stereocenters. The first kappa shape index (κ1) is 21.4. The molecule has 28 heavy (non-hydrogen) atoms. The van der Waals surface area contributed by atoms with E-state index in [0.29, 0.717) is 16.7 Å². The lowest BCUT2D eigenvalue weighted by molar-refractivity contribution is -0.870. The number of carbonyl (C=O) groups excluding carboxylic acids is 2. The minimum absolute atomic E-state index is 0.399. The number of quaternary nitrogens is 1. The smallest absolute Gasteiger partial charge is 0.386 e. The molecule has 0 saturated heterocycles. The van der Waals surface area contributed by atoms with Gasteiger partial charge in [-0.2, -0.15) is 18.3 Å². The lowest BCUT2D eigenvalue weighted by Gasteiger charge is -2.30. The monoisotopic (exact) mass is 399 g/mol. The van der Waals surface area contributed by atoms with E-state index < -0.39 is 30.6 Å². The highest BCUT2D eigenvalue weighted by molar-refractivity contribution is 5.88. The Morgan fingerprint density at radius 1 is 1.25 bits per heavy atom. The van der Waals surface area contributed by atoms with Gasteiger partial charge < -0.3 is 14.5 Å². The second-order valence-electron chi connectivity index (χ2n) is 7.32. The Bertz CT molecular complexity index is 814. The van der Waals surface area contributed by atoms with Crippen molar-refractivity contribution in [3.05, 3.63) is 36.5 Å². The van der Waals surface area contributed by atoms with Crippen LogP contribution in [0.1, 0.15) is 6.42 Å². The van der Waals surface area contributed by atoms with Crippen LogP contribution in [-0.2, 0) is 14.3 Å². The van der Waals surface area contributed by atoms with Gasteiger partial charge in [-0.25, -0.2) is 4.79 Å². The van der Waals surface area contributed by atoms with Crippen LogP contribution in [0.4, 0.5) is 18.9 Å². The first-order valence-electron chi connectivity index (χ1n) is 8.43. The molecule has 7 nitrogen and oxygen atoms in total. The second-order valence-corrected chi connectivity index (χ2v) is 7.32. The van der Waals surface area contributed by atoms with Crippen LogP contribution in [-0.4, -0.2) is 66.5 Å². The zero-order valence-corrected chi connectivity index (χ0v) is 15.7. The molecule has 0 saturated carbocycles. The van der Waals surface area contributed by atoms with Gasteiger partial charge in [-0.15, -0.1) is 0 Å². The lowest BCUT2D eigenvalue weighted by atomic mass is 10.1. The molecule has 1 heterocycles. The van der Waals surface area contributed by atoms with Gasteiger partial charge in [0.15, 0.2) is 0 Å². The Kier molecular flexibility index (Phi) is 6.45. The van der Waals surface area contributed by atoms with Crippen LogP contribution in [0.15, 0.2) is 36.5 Å². The Hall–Kier alpha value is -2.88. The number of aromatic nitrogens is 2. The molecule has 0 spiro atoms. The number of ether oxygens (including phenoxy) is 1. The maximum Gasteiger partial charge on any atom is 0.491 e. The molecule has 1 aromatic heterocycles. The Labute approximate surface area is 160 Å². The van der Waals surface area contributed by atoms with Crippen molar-refractivity contribution in [1.82, 2.24) is 10.2 Å². The van der Waals surface area contributed by atoms with Crippen molar-refractivity contribution < 1.29 is 32.0 Å². The maximum absolute atomic E-state index is 12.3. The summed E-state index contributed by atoms with van der Waals surface area (Å²) in [7, 11) is 5.63. The minimum Gasteiger partial charge on any atom is -0.386 e. The first-order chi connectivity index (χ1) is 12.9. The number of hydrogen-bond donors (Lipinski definition) is 2. The average molecular weight is 399 g/mol. The third-order valence-electron chi connectivity index (χ3n) is 3.65. The van der Waals surface area contributed by atoms with Gasteiger partial charge in [0.1, 0.15) is 0 Å². The van der Waals surface area contributed by atoms with E-state index in [9.17, 15) is 22.8 Å². The van der Waals surface area contributed by atoms with E-state index in [1.54, 1.807) is 24.4 Å². The number of benzene rings is 1. The lowest BCUT2D eigenvalue weighted by Crippen LogP contribution is -2.45. The highest BCUT2D eigenvalue weighted by atomic mass is 19.4. The number of esters is 2. The number of anilines is 1. The number of alkyl halides is 3. The number of hydrogen-bond acceptors (Lipinski definition) is 5. The molecule has 0 fully saturated rings. The van der Waals surface area contributed by atoms with Crippen molar-refractivity contribution in [2.24, 2.45) is 0 Å². The number of likely N-dealkylation sites (N-methyl/N-ethyl adjacent to an activating group) is 1. The van der Waals surface area contributed by atoms with Gasteiger partial charge in [0, 0.05) is 17.4 Å². The minimum atomic E-state index is -5.21. The zero-order valence-electron chi connectivity index (χ0n) is 15.7. The van der Waals surface area contributed by atoms with Gasteiger partial charge in [-0.05, 0) is 18.2 Å². The van der Waals surface area contributed by atoms with Gasteiger partial charge >= 0.3 is 18.1 Å². The summed E-state index contributed by atoms with van der Waals surface area (Å²) in [5, 5.41) is 9.95. The van der Waals surface area contributed by atoms with Crippen LogP contribution >= 0.6 is 0 Å². The van der Waals surface area contributed by atoms with Crippen LogP contribution in [0.5, 0.6) is 0 Å². The fourth-order valence-electron chi connectivity index (χ4n) is 2.65. The molecule has 0 aliphatic rings. The van der Waals surface area contributed by atoms with E-state index in [4.69, 9.17) is 0 Å². The number of nitrogens with zero attached hydrogens (tertiary/aromatic N) is 2. The molecule has 0 aliphatic heterocycles. The van der Waals surface area contributed by atoms with Crippen molar-refractivity contribution in [3.8, 4) is 11.3 Å². The Morgan fingerprint density at radius 2 is 1.96 bits per heavy atom. The standard InChI is InChI=1S/C18H22F3N4O3/c1-25(2,3)11-14(10-16(26)28-17(27)18(19,20)21)23-13-6-4-5-12(9-13)15-7-8-22-24-15/h4-9,14,23H,10-11H2,1-3H3,(H,22,24)/q+1/t14-/m1/s1. The van der Waals surface area contributed by atoms with Crippen molar-refractivity contribution in [2.75, 3.05) is 33.0 Å². The molecule has 10 heteroatoms. The molecule has 0 aliphatic carbocycles. The fraction of sp³-hybridized carbons (Fsp3) is 0.389. The van der Waals surface area contributed by atoms with E-state index in [0.717, 1.165) is 11.3 Å². The molecule has 2 aromatic rings. The summed E-state index contributed by atoms with van der Waals surface area (Å²) in [5.74, 6) is -3.75. The largest absolute Gasteiger partial charge is 0.491 e. The van der Waals surface area contributed by atoms with Gasteiger partial charge in [0.2, 0.25) is 0 Å². The average Bonchev–Trinajstić information content (AvgIpc) is 3.06. The molecule has 1 aromatic carbocycles. The van der Waals surface area contributed by atoms with E-state index in [2.05, 4.69) is 20.3 Å². The van der Waals surface area contributed by atoms with Crippen LogP contribution < -0.4 is 5.32 Å². The molecule has 1 atom stereocenters. The van der Waals surface area contributed by atoms with E-state index >= 15 is 0 Å². The van der Waals surface area contributed by atoms with Crippen molar-refractivity contribution in [2.45, 2.75) is 18.6 Å². The van der Waals surface area contributed by atoms with Gasteiger partial charge in [-0.3, -0.25) is 9.89 Å². The highest BCUT2D eigenvalue weighted by Gasteiger charge is 2.42. The molecule has 0 radical (unpaired) electrons. The number of carbonyl (C=O) groups is 2.